The Hall–Kier alpha value is -2.95. The van der Waals surface area contributed by atoms with Gasteiger partial charge >= 0.3 is 0 Å². The molecular weight excluding hydrogens is 314 g/mol. The van der Waals surface area contributed by atoms with Crippen molar-refractivity contribution in [2.24, 2.45) is 5.16 Å². The van der Waals surface area contributed by atoms with Crippen LogP contribution in [0, 0.1) is 0 Å². The summed E-state index contributed by atoms with van der Waals surface area (Å²) in [6, 6.07) is 15.5. The van der Waals surface area contributed by atoms with E-state index >= 15 is 0 Å². The van der Waals surface area contributed by atoms with Crippen molar-refractivity contribution in [1.29, 1.82) is 0 Å². The van der Waals surface area contributed by atoms with E-state index in [9.17, 15) is 4.79 Å². The standard InChI is InChI=1S/C20H21N3O2/c1-3-4-12-23-18-11-10-16(19(24)14(2)22-25)13-17(18)21-20(23)15-8-6-5-7-9-15/h5-11,13,25H,3-4,12H2,1-2H3/b22-14+. The molecule has 2 aromatic carbocycles. The molecule has 25 heavy (non-hydrogen) atoms. The lowest BCUT2D eigenvalue weighted by molar-refractivity contribution is 0.106. The minimum atomic E-state index is -0.297. The van der Waals surface area contributed by atoms with Crippen molar-refractivity contribution < 1.29 is 10.0 Å². The van der Waals surface area contributed by atoms with E-state index in [0.717, 1.165) is 41.8 Å². The Bertz CT molecular complexity index is 927. The van der Waals surface area contributed by atoms with Gasteiger partial charge in [-0.2, -0.15) is 0 Å². The van der Waals surface area contributed by atoms with Gasteiger partial charge in [-0.05, 0) is 31.5 Å². The van der Waals surface area contributed by atoms with Crippen LogP contribution < -0.4 is 0 Å². The van der Waals surface area contributed by atoms with Crippen molar-refractivity contribution in [2.75, 3.05) is 0 Å². The molecule has 0 bridgehead atoms. The number of carbonyl (C=O) groups excluding carboxylic acids is 1. The average molecular weight is 335 g/mol. The summed E-state index contributed by atoms with van der Waals surface area (Å²) in [6.45, 7) is 4.53. The minimum absolute atomic E-state index is 0.0630. The normalized spacial score (nSPS) is 11.8. The monoisotopic (exact) mass is 335 g/mol. The lowest BCUT2D eigenvalue weighted by Crippen LogP contribution is -2.10. The molecule has 5 nitrogen and oxygen atoms in total. The molecule has 0 unspecified atom stereocenters. The van der Waals surface area contributed by atoms with Crippen molar-refractivity contribution in [3.63, 3.8) is 0 Å². The number of hydrogen-bond acceptors (Lipinski definition) is 4. The zero-order chi connectivity index (χ0) is 17.8. The minimum Gasteiger partial charge on any atom is -0.411 e. The highest BCUT2D eigenvalue weighted by molar-refractivity contribution is 6.45. The summed E-state index contributed by atoms with van der Waals surface area (Å²) in [6.07, 6.45) is 2.15. The fraction of sp³-hybridized carbons (Fsp3) is 0.250. The van der Waals surface area contributed by atoms with E-state index in [1.54, 1.807) is 12.1 Å². The van der Waals surface area contributed by atoms with Gasteiger partial charge in [-0.15, -0.1) is 0 Å². The lowest BCUT2D eigenvalue weighted by atomic mass is 10.1. The second-order valence-corrected chi connectivity index (χ2v) is 6.02. The van der Waals surface area contributed by atoms with E-state index < -0.39 is 0 Å². The van der Waals surface area contributed by atoms with Gasteiger partial charge in [0, 0.05) is 17.7 Å². The first-order chi connectivity index (χ1) is 12.2. The van der Waals surface area contributed by atoms with Gasteiger partial charge in [0.2, 0.25) is 5.78 Å². The molecule has 0 aliphatic carbocycles. The molecule has 3 aromatic rings. The third-order valence-corrected chi connectivity index (χ3v) is 4.26. The number of oxime groups is 1. The maximum absolute atomic E-state index is 12.2. The van der Waals surface area contributed by atoms with Crippen LogP contribution in [0.15, 0.2) is 53.7 Å². The van der Waals surface area contributed by atoms with Crippen LogP contribution in [0.5, 0.6) is 0 Å². The second-order valence-electron chi connectivity index (χ2n) is 6.02. The van der Waals surface area contributed by atoms with E-state index in [0.29, 0.717) is 5.56 Å². The van der Waals surface area contributed by atoms with E-state index in [4.69, 9.17) is 10.2 Å². The molecule has 1 N–H and O–H groups in total. The molecule has 0 saturated carbocycles. The number of benzene rings is 2. The summed E-state index contributed by atoms with van der Waals surface area (Å²) >= 11 is 0. The summed E-state index contributed by atoms with van der Waals surface area (Å²) in [5, 5.41) is 11.8. The number of imidazole rings is 1. The highest BCUT2D eigenvalue weighted by Gasteiger charge is 2.16. The van der Waals surface area contributed by atoms with E-state index in [1.807, 2.05) is 36.4 Å². The Morgan fingerprint density at radius 2 is 1.96 bits per heavy atom. The quantitative estimate of drug-likeness (QED) is 0.311. The number of rotatable bonds is 6. The molecule has 5 heteroatoms. The van der Waals surface area contributed by atoms with E-state index in [1.165, 1.54) is 6.92 Å². The fourth-order valence-corrected chi connectivity index (χ4v) is 2.88. The van der Waals surface area contributed by atoms with Crippen LogP contribution in [0.2, 0.25) is 0 Å². The number of aryl methyl sites for hydroxylation is 1. The van der Waals surface area contributed by atoms with Gasteiger partial charge in [-0.3, -0.25) is 4.79 Å². The zero-order valence-corrected chi connectivity index (χ0v) is 14.4. The maximum Gasteiger partial charge on any atom is 0.210 e. The molecule has 3 rings (SSSR count). The van der Waals surface area contributed by atoms with Gasteiger partial charge in [0.1, 0.15) is 11.5 Å². The van der Waals surface area contributed by atoms with Crippen LogP contribution in [-0.2, 0) is 6.54 Å². The largest absolute Gasteiger partial charge is 0.411 e. The second kappa shape index (κ2) is 7.30. The third-order valence-electron chi connectivity index (χ3n) is 4.26. The van der Waals surface area contributed by atoms with Crippen molar-refractivity contribution in [1.82, 2.24) is 9.55 Å². The Morgan fingerprint density at radius 1 is 1.20 bits per heavy atom. The van der Waals surface area contributed by atoms with Crippen molar-refractivity contribution in [3.8, 4) is 11.4 Å². The van der Waals surface area contributed by atoms with E-state index in [2.05, 4.69) is 16.6 Å². The Labute approximate surface area is 146 Å². The van der Waals surface area contributed by atoms with Gasteiger partial charge in [0.15, 0.2) is 0 Å². The molecule has 1 heterocycles. The molecule has 128 valence electrons. The molecule has 0 aliphatic heterocycles. The van der Waals surface area contributed by atoms with Gasteiger partial charge in [-0.25, -0.2) is 4.98 Å². The Balaban J connectivity index is 2.14. The van der Waals surface area contributed by atoms with Crippen molar-refractivity contribution >= 4 is 22.5 Å². The van der Waals surface area contributed by atoms with Crippen molar-refractivity contribution in [2.45, 2.75) is 33.2 Å². The Morgan fingerprint density at radius 3 is 2.64 bits per heavy atom. The highest BCUT2D eigenvalue weighted by Crippen LogP contribution is 2.26. The number of carbonyl (C=O) groups is 1. The first kappa shape index (κ1) is 16.9. The van der Waals surface area contributed by atoms with Gasteiger partial charge in [0.05, 0.1) is 11.0 Å². The van der Waals surface area contributed by atoms with Crippen LogP contribution in [-0.4, -0.2) is 26.3 Å². The van der Waals surface area contributed by atoms with Crippen LogP contribution in [0.4, 0.5) is 0 Å². The number of aromatic nitrogens is 2. The molecule has 1 aromatic heterocycles. The number of ketones is 1. The highest BCUT2D eigenvalue weighted by atomic mass is 16.4. The number of nitrogens with zero attached hydrogens (tertiary/aromatic N) is 3. The van der Waals surface area contributed by atoms with Crippen LogP contribution in [0.1, 0.15) is 37.0 Å². The average Bonchev–Trinajstić information content (AvgIpc) is 3.03. The number of unbranched alkanes of at least 4 members (excludes halogenated alkanes) is 1. The molecular formula is C20H21N3O2. The summed E-state index contributed by atoms with van der Waals surface area (Å²) in [4.78, 5) is 17.0. The Kier molecular flexibility index (Phi) is 4.93. The summed E-state index contributed by atoms with van der Waals surface area (Å²) in [7, 11) is 0. The van der Waals surface area contributed by atoms with Gasteiger partial charge in [-0.1, -0.05) is 48.8 Å². The number of hydrogen-bond donors (Lipinski definition) is 1. The SMILES string of the molecule is CCCCn1c(-c2ccccc2)nc2cc(C(=O)/C(C)=N/O)ccc21. The predicted molar refractivity (Wildman–Crippen MR) is 99.3 cm³/mol. The van der Waals surface area contributed by atoms with Crippen LogP contribution >= 0.6 is 0 Å². The van der Waals surface area contributed by atoms with Crippen molar-refractivity contribution in [3.05, 3.63) is 54.1 Å². The lowest BCUT2D eigenvalue weighted by Gasteiger charge is -2.08. The first-order valence-corrected chi connectivity index (χ1v) is 8.44. The van der Waals surface area contributed by atoms with Crippen LogP contribution in [0.3, 0.4) is 0 Å². The molecule has 0 spiro atoms. The maximum atomic E-state index is 12.2. The smallest absolute Gasteiger partial charge is 0.210 e. The summed E-state index contributed by atoms with van der Waals surface area (Å²) in [5.74, 6) is 0.606. The summed E-state index contributed by atoms with van der Waals surface area (Å²) in [5.41, 5.74) is 3.36. The van der Waals surface area contributed by atoms with Gasteiger partial charge in [0.25, 0.3) is 0 Å². The molecule has 0 saturated heterocycles. The predicted octanol–water partition coefficient (Wildman–Crippen LogP) is 4.54. The molecule has 0 radical (unpaired) electrons. The first-order valence-electron chi connectivity index (χ1n) is 8.44. The zero-order valence-electron chi connectivity index (χ0n) is 14.4. The third kappa shape index (κ3) is 3.31. The molecule has 0 fully saturated rings. The van der Waals surface area contributed by atoms with Gasteiger partial charge < -0.3 is 9.77 Å². The molecule has 0 amide bonds. The number of fused-ring (bicyclic) bond motifs is 1. The number of Topliss-reactive ketones (excluding diaryl/α,β-unsaturated/α-hetero) is 1. The topological polar surface area (TPSA) is 67.5 Å². The molecule has 0 aliphatic rings. The fourth-order valence-electron chi connectivity index (χ4n) is 2.88. The van der Waals surface area contributed by atoms with Crippen LogP contribution in [0.25, 0.3) is 22.4 Å². The van der Waals surface area contributed by atoms with E-state index in [-0.39, 0.29) is 11.5 Å². The summed E-state index contributed by atoms with van der Waals surface area (Å²) < 4.78 is 2.20. The molecule has 0 atom stereocenters.